The lowest BCUT2D eigenvalue weighted by molar-refractivity contribution is 0.0656. The summed E-state index contributed by atoms with van der Waals surface area (Å²) in [4.78, 5) is 26.9. The second-order valence-electron chi connectivity index (χ2n) is 7.08. The molecule has 0 radical (unpaired) electrons. The molecule has 7 heteroatoms. The highest BCUT2D eigenvalue weighted by molar-refractivity contribution is 6.21. The van der Waals surface area contributed by atoms with E-state index in [9.17, 15) is 9.59 Å². The highest BCUT2D eigenvalue weighted by atomic mass is 16.5. The van der Waals surface area contributed by atoms with Crippen LogP contribution < -0.4 is 19.9 Å². The molecule has 2 N–H and O–H groups in total. The molecule has 0 aliphatic carbocycles. The number of carbonyl (C=O) groups excluding carboxylic acids is 2. The number of anilines is 1. The predicted molar refractivity (Wildman–Crippen MR) is 116 cm³/mol. The molecule has 0 saturated heterocycles. The number of hydrogen-bond acceptors (Lipinski definition) is 6. The number of carbonyl (C=O) groups is 2. The van der Waals surface area contributed by atoms with Crippen LogP contribution in [0.25, 0.3) is 0 Å². The van der Waals surface area contributed by atoms with Crippen molar-refractivity contribution in [1.29, 1.82) is 0 Å². The van der Waals surface area contributed by atoms with Crippen LogP contribution in [0.1, 0.15) is 26.3 Å². The van der Waals surface area contributed by atoms with E-state index in [0.29, 0.717) is 46.2 Å². The molecule has 158 valence electrons. The summed E-state index contributed by atoms with van der Waals surface area (Å²) in [5.74, 6) is 1.66. The van der Waals surface area contributed by atoms with Gasteiger partial charge >= 0.3 is 0 Å². The molecule has 3 aromatic rings. The topological polar surface area (TPSA) is 91.1 Å². The Morgan fingerprint density at radius 2 is 1.45 bits per heavy atom. The quantitative estimate of drug-likeness (QED) is 0.462. The largest absolute Gasteiger partial charge is 0.493 e. The van der Waals surface area contributed by atoms with Crippen molar-refractivity contribution in [2.45, 2.75) is 6.42 Å². The molecular formula is C24H22N2O5. The monoisotopic (exact) mass is 418 g/mol. The molecule has 0 aromatic heterocycles. The molecular weight excluding hydrogens is 396 g/mol. The van der Waals surface area contributed by atoms with Crippen molar-refractivity contribution in [1.82, 2.24) is 4.90 Å². The second-order valence-corrected chi connectivity index (χ2v) is 7.08. The maximum absolute atomic E-state index is 12.9. The normalized spacial score (nSPS) is 12.6. The van der Waals surface area contributed by atoms with Gasteiger partial charge in [-0.3, -0.25) is 14.5 Å². The van der Waals surface area contributed by atoms with Crippen molar-refractivity contribution in [2.24, 2.45) is 0 Å². The fourth-order valence-electron chi connectivity index (χ4n) is 3.49. The van der Waals surface area contributed by atoms with Gasteiger partial charge in [-0.2, -0.15) is 0 Å². The average molecular weight is 418 g/mol. The van der Waals surface area contributed by atoms with Crippen molar-refractivity contribution >= 4 is 17.5 Å². The minimum absolute atomic E-state index is 0.260. The average Bonchev–Trinajstić information content (AvgIpc) is 3.03. The number of amides is 2. The van der Waals surface area contributed by atoms with Crippen LogP contribution in [0.5, 0.6) is 23.0 Å². The molecule has 0 atom stereocenters. The molecule has 0 unspecified atom stereocenters. The van der Waals surface area contributed by atoms with Crippen LogP contribution in [0, 0.1) is 0 Å². The number of rotatable bonds is 7. The summed E-state index contributed by atoms with van der Waals surface area (Å²) in [6.45, 7) is 0.260. The zero-order valence-electron chi connectivity index (χ0n) is 17.3. The van der Waals surface area contributed by atoms with Gasteiger partial charge in [0.15, 0.2) is 11.5 Å². The number of ether oxygens (including phenoxy) is 3. The van der Waals surface area contributed by atoms with Crippen LogP contribution >= 0.6 is 0 Å². The van der Waals surface area contributed by atoms with Crippen molar-refractivity contribution in [3.05, 3.63) is 77.4 Å². The number of nitrogens with two attached hydrogens (primary N) is 1. The van der Waals surface area contributed by atoms with E-state index in [1.807, 2.05) is 12.1 Å². The Hall–Kier alpha value is -4.00. The summed E-state index contributed by atoms with van der Waals surface area (Å²) in [6, 6.07) is 17.4. The summed E-state index contributed by atoms with van der Waals surface area (Å²) < 4.78 is 16.4. The van der Waals surface area contributed by atoms with Crippen molar-refractivity contribution in [3.8, 4) is 23.0 Å². The third-order valence-electron chi connectivity index (χ3n) is 5.13. The molecule has 1 heterocycles. The van der Waals surface area contributed by atoms with E-state index in [4.69, 9.17) is 19.9 Å². The number of fused-ring (bicyclic) bond motifs is 1. The summed E-state index contributed by atoms with van der Waals surface area (Å²) in [5.41, 5.74) is 7.97. The van der Waals surface area contributed by atoms with Gasteiger partial charge in [0.1, 0.15) is 11.5 Å². The Kier molecular flexibility index (Phi) is 5.49. The minimum Gasteiger partial charge on any atom is -0.493 e. The Morgan fingerprint density at radius 1 is 0.774 bits per heavy atom. The highest BCUT2D eigenvalue weighted by Crippen LogP contribution is 2.31. The lowest BCUT2D eigenvalue weighted by atomic mass is 10.1. The molecule has 0 saturated carbocycles. The van der Waals surface area contributed by atoms with Crippen molar-refractivity contribution < 1.29 is 23.8 Å². The minimum atomic E-state index is -0.330. The maximum atomic E-state index is 12.9. The van der Waals surface area contributed by atoms with Crippen molar-refractivity contribution in [2.75, 3.05) is 26.5 Å². The third-order valence-corrected chi connectivity index (χ3v) is 5.13. The van der Waals surface area contributed by atoms with E-state index in [1.54, 1.807) is 62.8 Å². The standard InChI is InChI=1S/C24H22N2O5/c1-29-21-10-3-15(13-22(21)30-2)11-12-26-23(27)19-9-8-18(14-20(19)24(26)28)31-17-6-4-16(25)5-7-17/h3-10,13-14H,11-12,25H2,1-2H3. The number of nitrogen functional groups attached to an aromatic ring is 1. The molecule has 3 aromatic carbocycles. The fourth-order valence-corrected chi connectivity index (χ4v) is 3.49. The Morgan fingerprint density at radius 3 is 2.16 bits per heavy atom. The van der Waals surface area contributed by atoms with E-state index in [2.05, 4.69) is 0 Å². The number of benzene rings is 3. The molecule has 0 spiro atoms. The summed E-state index contributed by atoms with van der Waals surface area (Å²) in [6.07, 6.45) is 0.501. The van der Waals surface area contributed by atoms with Gasteiger partial charge in [0.2, 0.25) is 0 Å². The third kappa shape index (κ3) is 4.02. The van der Waals surface area contributed by atoms with E-state index in [0.717, 1.165) is 5.56 Å². The van der Waals surface area contributed by atoms with Gasteiger partial charge < -0.3 is 19.9 Å². The van der Waals surface area contributed by atoms with Gasteiger partial charge in [-0.15, -0.1) is 0 Å². The van der Waals surface area contributed by atoms with Crippen LogP contribution in [-0.2, 0) is 6.42 Å². The molecule has 1 aliphatic rings. The highest BCUT2D eigenvalue weighted by Gasteiger charge is 2.35. The van der Waals surface area contributed by atoms with Crippen LogP contribution in [0.3, 0.4) is 0 Å². The Labute approximate surface area is 179 Å². The van der Waals surface area contributed by atoms with E-state index >= 15 is 0 Å². The first kappa shape index (κ1) is 20.3. The van der Waals surface area contributed by atoms with Crippen LogP contribution in [-0.4, -0.2) is 37.5 Å². The molecule has 1 aliphatic heterocycles. The van der Waals surface area contributed by atoms with Gasteiger partial charge in [0, 0.05) is 12.2 Å². The summed E-state index contributed by atoms with van der Waals surface area (Å²) >= 11 is 0. The second kappa shape index (κ2) is 8.39. The SMILES string of the molecule is COc1ccc(CCN2C(=O)c3ccc(Oc4ccc(N)cc4)cc3C2=O)cc1OC. The lowest BCUT2D eigenvalue weighted by Crippen LogP contribution is -2.31. The maximum Gasteiger partial charge on any atom is 0.261 e. The lowest BCUT2D eigenvalue weighted by Gasteiger charge is -2.14. The molecule has 7 nitrogen and oxygen atoms in total. The first-order valence-corrected chi connectivity index (χ1v) is 9.74. The van der Waals surface area contributed by atoms with Gasteiger partial charge in [-0.1, -0.05) is 6.07 Å². The van der Waals surface area contributed by atoms with Gasteiger partial charge in [0.05, 0.1) is 25.3 Å². The Bertz CT molecular complexity index is 1140. The van der Waals surface area contributed by atoms with E-state index in [-0.39, 0.29) is 18.4 Å². The molecule has 31 heavy (non-hydrogen) atoms. The first-order chi connectivity index (χ1) is 15.0. The van der Waals surface area contributed by atoms with Gasteiger partial charge in [0.25, 0.3) is 11.8 Å². The number of nitrogens with zero attached hydrogens (tertiary/aromatic N) is 1. The summed E-state index contributed by atoms with van der Waals surface area (Å²) in [7, 11) is 3.14. The summed E-state index contributed by atoms with van der Waals surface area (Å²) in [5, 5.41) is 0. The van der Waals surface area contributed by atoms with E-state index in [1.165, 1.54) is 4.90 Å². The molecule has 0 fully saturated rings. The van der Waals surface area contributed by atoms with Gasteiger partial charge in [-0.05, 0) is 66.6 Å². The number of hydrogen-bond donors (Lipinski definition) is 1. The molecule has 2 amide bonds. The molecule has 4 rings (SSSR count). The van der Waals surface area contributed by atoms with Crippen LogP contribution in [0.4, 0.5) is 5.69 Å². The predicted octanol–water partition coefficient (Wildman–Crippen LogP) is 3.92. The zero-order chi connectivity index (χ0) is 22.0. The van der Waals surface area contributed by atoms with Crippen LogP contribution in [0.2, 0.25) is 0 Å². The number of methoxy groups -OCH3 is 2. The fraction of sp³-hybridized carbons (Fsp3) is 0.167. The first-order valence-electron chi connectivity index (χ1n) is 9.74. The molecule has 0 bridgehead atoms. The smallest absolute Gasteiger partial charge is 0.261 e. The van der Waals surface area contributed by atoms with Crippen LogP contribution in [0.15, 0.2) is 60.7 Å². The van der Waals surface area contributed by atoms with Gasteiger partial charge in [-0.25, -0.2) is 0 Å². The number of imide groups is 1. The zero-order valence-corrected chi connectivity index (χ0v) is 17.3. The van der Waals surface area contributed by atoms with Crippen molar-refractivity contribution in [3.63, 3.8) is 0 Å². The van der Waals surface area contributed by atoms with E-state index < -0.39 is 0 Å². The Balaban J connectivity index is 1.48.